The molecule has 0 aromatic carbocycles. The summed E-state index contributed by atoms with van der Waals surface area (Å²) >= 11 is 1.55. The molecule has 148 valence electrons. The van der Waals surface area contributed by atoms with Gasteiger partial charge < -0.3 is 25.2 Å². The van der Waals surface area contributed by atoms with Crippen LogP contribution in [0.3, 0.4) is 0 Å². The molecule has 4 rings (SSSR count). The van der Waals surface area contributed by atoms with Gasteiger partial charge in [0.15, 0.2) is 0 Å². The van der Waals surface area contributed by atoms with Crippen molar-refractivity contribution in [1.82, 2.24) is 25.2 Å². The monoisotopic (exact) mass is 402 g/mol. The molecule has 2 aromatic heterocycles. The number of piperidine rings is 1. The zero-order chi connectivity index (χ0) is 19.5. The Morgan fingerprint density at radius 3 is 3.11 bits per heavy atom. The first-order valence-corrected chi connectivity index (χ1v) is 10.2. The third kappa shape index (κ3) is 3.97. The molecule has 1 amide bonds. The van der Waals surface area contributed by atoms with Crippen molar-refractivity contribution in [3.8, 4) is 0 Å². The maximum absolute atomic E-state index is 13.1. The Labute approximate surface area is 166 Å². The SMILES string of the molecule is O=C(O)CN[C@@H]1CCCN(C(=O)C2=CN(c3ncnc4[nH]ccc34)CCS2)C1. The Morgan fingerprint density at radius 1 is 1.36 bits per heavy atom. The lowest BCUT2D eigenvalue weighted by molar-refractivity contribution is -0.136. The molecule has 0 saturated carbocycles. The molecule has 28 heavy (non-hydrogen) atoms. The van der Waals surface area contributed by atoms with E-state index in [-0.39, 0.29) is 18.5 Å². The number of nitrogens with one attached hydrogen (secondary N) is 2. The highest BCUT2D eigenvalue weighted by Gasteiger charge is 2.28. The molecule has 1 atom stereocenters. The number of rotatable bonds is 5. The van der Waals surface area contributed by atoms with Crippen LogP contribution in [-0.4, -0.2) is 74.8 Å². The molecule has 10 heteroatoms. The van der Waals surface area contributed by atoms with E-state index < -0.39 is 5.97 Å². The summed E-state index contributed by atoms with van der Waals surface area (Å²) in [6.45, 7) is 1.90. The van der Waals surface area contributed by atoms with Crippen LogP contribution in [0, 0.1) is 0 Å². The number of carboxylic acid groups (broad SMARTS) is 1. The second-order valence-corrected chi connectivity index (χ2v) is 7.97. The van der Waals surface area contributed by atoms with Crippen molar-refractivity contribution in [3.05, 3.63) is 29.7 Å². The Kier molecular flexibility index (Phi) is 5.49. The van der Waals surface area contributed by atoms with Crippen molar-refractivity contribution >= 4 is 40.5 Å². The molecule has 2 aliphatic heterocycles. The average molecular weight is 402 g/mol. The molecule has 4 heterocycles. The number of aliphatic carboxylic acids is 1. The Morgan fingerprint density at radius 2 is 2.25 bits per heavy atom. The zero-order valence-electron chi connectivity index (χ0n) is 15.3. The predicted octanol–water partition coefficient (Wildman–Crippen LogP) is 1.02. The minimum absolute atomic E-state index is 0.00380. The van der Waals surface area contributed by atoms with Crippen molar-refractivity contribution in [3.63, 3.8) is 0 Å². The van der Waals surface area contributed by atoms with Gasteiger partial charge in [0.2, 0.25) is 0 Å². The summed E-state index contributed by atoms with van der Waals surface area (Å²) in [4.78, 5) is 40.1. The topological polar surface area (TPSA) is 114 Å². The van der Waals surface area contributed by atoms with Gasteiger partial charge in [0.05, 0.1) is 16.8 Å². The number of anilines is 1. The minimum Gasteiger partial charge on any atom is -0.480 e. The van der Waals surface area contributed by atoms with Gasteiger partial charge in [-0.2, -0.15) is 0 Å². The number of hydrogen-bond acceptors (Lipinski definition) is 7. The van der Waals surface area contributed by atoms with Gasteiger partial charge in [-0.1, -0.05) is 0 Å². The molecule has 0 bridgehead atoms. The van der Waals surface area contributed by atoms with Crippen molar-refractivity contribution < 1.29 is 14.7 Å². The zero-order valence-corrected chi connectivity index (χ0v) is 16.1. The third-order valence-electron chi connectivity index (χ3n) is 4.93. The number of hydrogen-bond donors (Lipinski definition) is 3. The first-order valence-electron chi connectivity index (χ1n) is 9.25. The first kappa shape index (κ1) is 18.8. The van der Waals surface area contributed by atoms with E-state index in [1.165, 1.54) is 6.33 Å². The lowest BCUT2D eigenvalue weighted by atomic mass is 10.1. The molecule has 0 unspecified atom stereocenters. The molecule has 2 aliphatic rings. The molecular formula is C18H22N6O3S. The van der Waals surface area contributed by atoms with E-state index >= 15 is 0 Å². The minimum atomic E-state index is -0.884. The number of carbonyl (C=O) groups excluding carboxylic acids is 1. The quantitative estimate of drug-likeness (QED) is 0.679. The summed E-state index contributed by atoms with van der Waals surface area (Å²) in [5, 5.41) is 12.8. The molecule has 0 radical (unpaired) electrons. The summed E-state index contributed by atoms with van der Waals surface area (Å²) in [6, 6.07) is 1.95. The Bertz CT molecular complexity index is 914. The summed E-state index contributed by atoms with van der Waals surface area (Å²) in [7, 11) is 0. The van der Waals surface area contributed by atoms with Crippen LogP contribution in [0.5, 0.6) is 0 Å². The van der Waals surface area contributed by atoms with Gasteiger partial charge in [-0.15, -0.1) is 11.8 Å². The van der Waals surface area contributed by atoms with E-state index in [0.29, 0.717) is 18.0 Å². The van der Waals surface area contributed by atoms with E-state index in [1.807, 2.05) is 28.3 Å². The van der Waals surface area contributed by atoms with Crippen molar-refractivity contribution in [1.29, 1.82) is 0 Å². The van der Waals surface area contributed by atoms with Crippen LogP contribution >= 0.6 is 11.8 Å². The lowest BCUT2D eigenvalue weighted by Crippen LogP contribution is -2.49. The fourth-order valence-electron chi connectivity index (χ4n) is 3.58. The fourth-order valence-corrected chi connectivity index (χ4v) is 4.55. The van der Waals surface area contributed by atoms with E-state index in [1.54, 1.807) is 11.8 Å². The second-order valence-electron chi connectivity index (χ2n) is 6.84. The maximum Gasteiger partial charge on any atom is 0.317 e. The van der Waals surface area contributed by atoms with Crippen LogP contribution in [-0.2, 0) is 9.59 Å². The highest BCUT2D eigenvalue weighted by molar-refractivity contribution is 8.04. The van der Waals surface area contributed by atoms with E-state index in [0.717, 1.165) is 42.0 Å². The normalized spacial score (nSPS) is 20.3. The summed E-state index contributed by atoms with van der Waals surface area (Å²) in [5.74, 6) is 0.695. The third-order valence-corrected chi connectivity index (χ3v) is 5.91. The Hall–Kier alpha value is -2.59. The number of aromatic nitrogens is 3. The smallest absolute Gasteiger partial charge is 0.317 e. The number of carboxylic acids is 1. The van der Waals surface area contributed by atoms with Crippen LogP contribution in [0.1, 0.15) is 12.8 Å². The van der Waals surface area contributed by atoms with Crippen LogP contribution in [0.4, 0.5) is 5.82 Å². The molecule has 9 nitrogen and oxygen atoms in total. The summed E-state index contributed by atoms with van der Waals surface area (Å²) < 4.78 is 0. The fraction of sp³-hybridized carbons (Fsp3) is 0.444. The van der Waals surface area contributed by atoms with Crippen molar-refractivity contribution in [2.24, 2.45) is 0 Å². The van der Waals surface area contributed by atoms with Gasteiger partial charge in [0.1, 0.15) is 17.8 Å². The number of carbonyl (C=O) groups is 2. The molecule has 0 spiro atoms. The van der Waals surface area contributed by atoms with Gasteiger partial charge in [-0.25, -0.2) is 9.97 Å². The van der Waals surface area contributed by atoms with Gasteiger partial charge >= 0.3 is 5.97 Å². The lowest BCUT2D eigenvalue weighted by Gasteiger charge is -2.34. The van der Waals surface area contributed by atoms with Crippen LogP contribution in [0.2, 0.25) is 0 Å². The molecule has 3 N–H and O–H groups in total. The molecule has 0 aliphatic carbocycles. The number of thioether (sulfide) groups is 1. The van der Waals surface area contributed by atoms with E-state index in [9.17, 15) is 9.59 Å². The maximum atomic E-state index is 13.1. The van der Waals surface area contributed by atoms with Crippen molar-refractivity contribution in [2.75, 3.05) is 36.8 Å². The molecule has 1 saturated heterocycles. The second kappa shape index (κ2) is 8.19. The highest BCUT2D eigenvalue weighted by atomic mass is 32.2. The van der Waals surface area contributed by atoms with Gasteiger partial charge in [-0.3, -0.25) is 9.59 Å². The predicted molar refractivity (Wildman–Crippen MR) is 107 cm³/mol. The van der Waals surface area contributed by atoms with Gasteiger partial charge in [0.25, 0.3) is 5.91 Å². The number of H-pyrrole nitrogens is 1. The van der Waals surface area contributed by atoms with Crippen LogP contribution in [0.25, 0.3) is 11.0 Å². The largest absolute Gasteiger partial charge is 0.480 e. The van der Waals surface area contributed by atoms with Gasteiger partial charge in [-0.05, 0) is 18.9 Å². The van der Waals surface area contributed by atoms with Crippen molar-refractivity contribution in [2.45, 2.75) is 18.9 Å². The Balaban J connectivity index is 1.49. The summed E-state index contributed by atoms with van der Waals surface area (Å²) in [5.41, 5.74) is 0.771. The number of likely N-dealkylation sites (tertiary alicyclic amines) is 1. The molecule has 2 aromatic rings. The molecular weight excluding hydrogens is 380 g/mol. The standard InChI is InChI=1S/C18H22N6O3S/c25-15(26)8-20-12-2-1-5-24(9-12)18(27)14-10-23(6-7-28-14)17-13-3-4-19-16(13)21-11-22-17/h3-4,10-12,20H,1-2,5-9H2,(H,25,26)(H,19,21,22)/t12-/m1/s1. The van der Waals surface area contributed by atoms with Crippen LogP contribution < -0.4 is 10.2 Å². The highest BCUT2D eigenvalue weighted by Crippen LogP contribution is 2.30. The van der Waals surface area contributed by atoms with E-state index in [4.69, 9.17) is 5.11 Å². The van der Waals surface area contributed by atoms with E-state index in [2.05, 4.69) is 20.3 Å². The number of aromatic amines is 1. The number of nitrogens with zero attached hydrogens (tertiary/aromatic N) is 4. The average Bonchev–Trinajstić information content (AvgIpc) is 3.21. The van der Waals surface area contributed by atoms with Crippen LogP contribution in [0.15, 0.2) is 29.7 Å². The first-order chi connectivity index (χ1) is 13.6. The van der Waals surface area contributed by atoms with Gasteiger partial charge in [0, 0.05) is 43.8 Å². The number of fused-ring (bicyclic) bond motifs is 1. The molecule has 1 fully saturated rings. The summed E-state index contributed by atoms with van der Waals surface area (Å²) in [6.07, 6.45) is 6.96. The number of amides is 1.